The molecule has 1 fully saturated rings. The Morgan fingerprint density at radius 1 is 1.20 bits per heavy atom. The average molecular weight is 207 g/mol. The fourth-order valence-electron chi connectivity index (χ4n) is 1.76. The van der Waals surface area contributed by atoms with Crippen LogP contribution < -0.4 is 5.32 Å². The molecule has 0 saturated heterocycles. The maximum Gasteiger partial charge on any atom is 0.123 e. The first-order valence-electron chi connectivity index (χ1n) is 5.80. The topological polar surface area (TPSA) is 12.0 Å². The van der Waals surface area contributed by atoms with Gasteiger partial charge in [-0.1, -0.05) is 25.0 Å². The molecule has 0 bridgehead atoms. The van der Waals surface area contributed by atoms with Crippen LogP contribution in [-0.4, -0.2) is 6.54 Å². The minimum atomic E-state index is -0.160. The van der Waals surface area contributed by atoms with Gasteiger partial charge in [-0.25, -0.2) is 4.39 Å². The SMILES string of the molecule is Fc1ccc(CNCCCC2CC2)cc1. The van der Waals surface area contributed by atoms with E-state index < -0.39 is 0 Å². The molecule has 1 nitrogen and oxygen atoms in total. The van der Waals surface area contributed by atoms with Crippen molar-refractivity contribution >= 4 is 0 Å². The van der Waals surface area contributed by atoms with Crippen LogP contribution in [-0.2, 0) is 6.54 Å². The number of nitrogens with one attached hydrogen (secondary N) is 1. The molecular formula is C13H18FN. The summed E-state index contributed by atoms with van der Waals surface area (Å²) in [5, 5.41) is 3.38. The molecule has 1 aromatic rings. The third-order valence-electron chi connectivity index (χ3n) is 2.91. The zero-order valence-electron chi connectivity index (χ0n) is 9.01. The minimum Gasteiger partial charge on any atom is -0.313 e. The Kier molecular flexibility index (Phi) is 3.73. The third-order valence-corrected chi connectivity index (χ3v) is 2.91. The Labute approximate surface area is 90.7 Å². The predicted molar refractivity (Wildman–Crippen MR) is 60.1 cm³/mol. The van der Waals surface area contributed by atoms with Crippen molar-refractivity contribution in [1.82, 2.24) is 5.32 Å². The molecule has 0 aromatic heterocycles. The van der Waals surface area contributed by atoms with Gasteiger partial charge in [-0.15, -0.1) is 0 Å². The summed E-state index contributed by atoms with van der Waals surface area (Å²) in [5.41, 5.74) is 1.16. The van der Waals surface area contributed by atoms with Crippen LogP contribution in [0, 0.1) is 11.7 Å². The zero-order chi connectivity index (χ0) is 10.5. The quantitative estimate of drug-likeness (QED) is 0.707. The molecule has 0 aliphatic heterocycles. The van der Waals surface area contributed by atoms with Crippen molar-refractivity contribution in [3.63, 3.8) is 0 Å². The first-order chi connectivity index (χ1) is 7.34. The molecule has 1 saturated carbocycles. The highest BCUT2D eigenvalue weighted by Crippen LogP contribution is 2.33. The van der Waals surface area contributed by atoms with E-state index in [4.69, 9.17) is 0 Å². The van der Waals surface area contributed by atoms with Crippen LogP contribution in [0.1, 0.15) is 31.2 Å². The van der Waals surface area contributed by atoms with Gasteiger partial charge in [0.2, 0.25) is 0 Å². The lowest BCUT2D eigenvalue weighted by Gasteiger charge is -2.04. The molecular weight excluding hydrogens is 189 g/mol. The van der Waals surface area contributed by atoms with Gasteiger partial charge in [0.25, 0.3) is 0 Å². The van der Waals surface area contributed by atoms with Crippen LogP contribution in [0.2, 0.25) is 0 Å². The van der Waals surface area contributed by atoms with Crippen LogP contribution in [0.3, 0.4) is 0 Å². The highest BCUT2D eigenvalue weighted by molar-refractivity contribution is 5.15. The number of hydrogen-bond acceptors (Lipinski definition) is 1. The summed E-state index contributed by atoms with van der Waals surface area (Å²) in [4.78, 5) is 0. The van der Waals surface area contributed by atoms with Crippen LogP contribution >= 0.6 is 0 Å². The molecule has 82 valence electrons. The molecule has 1 aliphatic carbocycles. The van der Waals surface area contributed by atoms with Gasteiger partial charge in [0.05, 0.1) is 0 Å². The van der Waals surface area contributed by atoms with E-state index in [1.807, 2.05) is 12.1 Å². The van der Waals surface area contributed by atoms with Crippen molar-refractivity contribution in [1.29, 1.82) is 0 Å². The molecule has 1 aliphatic rings. The maximum absolute atomic E-state index is 12.6. The molecule has 15 heavy (non-hydrogen) atoms. The van der Waals surface area contributed by atoms with Crippen molar-refractivity contribution in [3.05, 3.63) is 35.6 Å². The summed E-state index contributed by atoms with van der Waals surface area (Å²) in [6.45, 7) is 1.93. The van der Waals surface area contributed by atoms with Crippen LogP contribution in [0.15, 0.2) is 24.3 Å². The van der Waals surface area contributed by atoms with E-state index in [0.717, 1.165) is 24.6 Å². The highest BCUT2D eigenvalue weighted by atomic mass is 19.1. The standard InChI is InChI=1S/C13H18FN/c14-13-7-5-12(6-8-13)10-15-9-1-2-11-3-4-11/h5-8,11,15H,1-4,9-10H2. The highest BCUT2D eigenvalue weighted by Gasteiger charge is 2.19. The molecule has 1 N–H and O–H groups in total. The van der Waals surface area contributed by atoms with Gasteiger partial charge in [0, 0.05) is 6.54 Å². The number of halogens is 1. The number of benzene rings is 1. The first-order valence-corrected chi connectivity index (χ1v) is 5.80. The van der Waals surface area contributed by atoms with Gasteiger partial charge in [0.1, 0.15) is 5.82 Å². The second-order valence-corrected chi connectivity index (χ2v) is 4.39. The van der Waals surface area contributed by atoms with Gasteiger partial charge >= 0.3 is 0 Å². The molecule has 2 heteroatoms. The van der Waals surface area contributed by atoms with E-state index in [1.165, 1.54) is 37.8 Å². The van der Waals surface area contributed by atoms with E-state index in [0.29, 0.717) is 0 Å². The normalized spacial score (nSPS) is 15.5. The lowest BCUT2D eigenvalue weighted by Crippen LogP contribution is -2.14. The molecule has 1 aromatic carbocycles. The zero-order valence-corrected chi connectivity index (χ0v) is 9.01. The van der Waals surface area contributed by atoms with Gasteiger partial charge in [-0.3, -0.25) is 0 Å². The fraction of sp³-hybridized carbons (Fsp3) is 0.538. The lowest BCUT2D eigenvalue weighted by molar-refractivity contribution is 0.592. The molecule has 0 spiro atoms. The van der Waals surface area contributed by atoms with Gasteiger partial charge < -0.3 is 5.32 Å². The number of rotatable bonds is 6. The Morgan fingerprint density at radius 2 is 1.93 bits per heavy atom. The molecule has 0 atom stereocenters. The second-order valence-electron chi connectivity index (χ2n) is 4.39. The molecule has 0 unspecified atom stereocenters. The largest absolute Gasteiger partial charge is 0.313 e. The molecule has 2 rings (SSSR count). The van der Waals surface area contributed by atoms with E-state index >= 15 is 0 Å². The monoisotopic (exact) mass is 207 g/mol. The smallest absolute Gasteiger partial charge is 0.123 e. The minimum absolute atomic E-state index is 0.160. The van der Waals surface area contributed by atoms with Crippen LogP contribution in [0.25, 0.3) is 0 Å². The summed E-state index contributed by atoms with van der Waals surface area (Å²) in [6, 6.07) is 6.70. The Hall–Kier alpha value is -0.890. The lowest BCUT2D eigenvalue weighted by atomic mass is 10.2. The van der Waals surface area contributed by atoms with Crippen molar-refractivity contribution in [3.8, 4) is 0 Å². The van der Waals surface area contributed by atoms with Crippen LogP contribution in [0.5, 0.6) is 0 Å². The summed E-state index contributed by atoms with van der Waals surface area (Å²) < 4.78 is 12.6. The van der Waals surface area contributed by atoms with Gasteiger partial charge in [-0.05, 0) is 43.0 Å². The van der Waals surface area contributed by atoms with E-state index in [2.05, 4.69) is 5.32 Å². The van der Waals surface area contributed by atoms with Crippen molar-refractivity contribution in [2.75, 3.05) is 6.54 Å². The maximum atomic E-state index is 12.6. The summed E-state index contributed by atoms with van der Waals surface area (Å²) in [7, 11) is 0. The van der Waals surface area contributed by atoms with E-state index in [-0.39, 0.29) is 5.82 Å². The molecule has 0 radical (unpaired) electrons. The Balaban J connectivity index is 1.58. The third kappa shape index (κ3) is 4.00. The van der Waals surface area contributed by atoms with Crippen molar-refractivity contribution in [2.45, 2.75) is 32.2 Å². The van der Waals surface area contributed by atoms with Gasteiger partial charge in [0.15, 0.2) is 0 Å². The van der Waals surface area contributed by atoms with Gasteiger partial charge in [-0.2, -0.15) is 0 Å². The fourth-order valence-corrected chi connectivity index (χ4v) is 1.76. The Morgan fingerprint density at radius 3 is 2.60 bits per heavy atom. The summed E-state index contributed by atoms with van der Waals surface area (Å²) in [5.74, 6) is 0.866. The predicted octanol–water partition coefficient (Wildman–Crippen LogP) is 3.11. The van der Waals surface area contributed by atoms with E-state index in [1.54, 1.807) is 0 Å². The first kappa shape index (κ1) is 10.6. The number of hydrogen-bond donors (Lipinski definition) is 1. The van der Waals surface area contributed by atoms with Crippen molar-refractivity contribution in [2.24, 2.45) is 5.92 Å². The average Bonchev–Trinajstić information content (AvgIpc) is 3.04. The molecule has 0 amide bonds. The Bertz CT molecular complexity index is 290. The summed E-state index contributed by atoms with van der Waals surface area (Å²) >= 11 is 0. The van der Waals surface area contributed by atoms with Crippen molar-refractivity contribution < 1.29 is 4.39 Å². The van der Waals surface area contributed by atoms with Crippen LogP contribution in [0.4, 0.5) is 4.39 Å². The van der Waals surface area contributed by atoms with E-state index in [9.17, 15) is 4.39 Å². The molecule has 0 heterocycles. The second kappa shape index (κ2) is 5.26. The summed E-state index contributed by atoms with van der Waals surface area (Å²) in [6.07, 6.45) is 5.53.